The third-order valence-corrected chi connectivity index (χ3v) is 5.05. The molecule has 0 unspecified atom stereocenters. The number of rotatable bonds is 5. The average molecular weight is 390 g/mol. The highest BCUT2D eigenvalue weighted by Crippen LogP contribution is 2.26. The van der Waals surface area contributed by atoms with Gasteiger partial charge in [-0.2, -0.15) is 5.10 Å². The van der Waals surface area contributed by atoms with Crippen LogP contribution in [0.4, 0.5) is 0 Å². The summed E-state index contributed by atoms with van der Waals surface area (Å²) in [6.45, 7) is 1.77. The number of primary sulfonamides is 1. The van der Waals surface area contributed by atoms with Gasteiger partial charge in [-0.25, -0.2) is 18.2 Å². The van der Waals surface area contributed by atoms with Gasteiger partial charge < -0.3 is 0 Å². The second-order valence-electron chi connectivity index (χ2n) is 5.65. The zero-order valence-electron chi connectivity index (χ0n) is 13.9. The Bertz CT molecular complexity index is 1060. The fraction of sp³-hybridized carbons (Fsp3) is 0.111. The summed E-state index contributed by atoms with van der Waals surface area (Å²) in [5, 5.41) is 10.1. The largest absolute Gasteiger partial charge is 0.292 e. The molecule has 0 atom stereocenters. The molecule has 1 heterocycles. The molecule has 0 radical (unpaired) electrons. The molecule has 8 heteroatoms. The lowest BCUT2D eigenvalue weighted by atomic mass is 10.1. The molecule has 134 valence electrons. The second-order valence-corrected chi connectivity index (χ2v) is 7.65. The Hall–Kier alpha value is -2.48. The Balaban J connectivity index is 2.14. The third-order valence-electron chi connectivity index (χ3n) is 3.87. The van der Waals surface area contributed by atoms with Crippen molar-refractivity contribution >= 4 is 27.4 Å². The molecule has 1 aromatic heterocycles. The van der Waals surface area contributed by atoms with Crippen LogP contribution in [-0.2, 0) is 10.0 Å². The summed E-state index contributed by atoms with van der Waals surface area (Å²) >= 11 is 5.95. The Kier molecular flexibility index (Phi) is 4.95. The van der Waals surface area contributed by atoms with E-state index in [1.54, 1.807) is 41.9 Å². The zero-order valence-corrected chi connectivity index (χ0v) is 15.5. The van der Waals surface area contributed by atoms with E-state index in [4.69, 9.17) is 16.7 Å². The van der Waals surface area contributed by atoms with Crippen LogP contribution < -0.4 is 5.14 Å². The first-order valence-corrected chi connectivity index (χ1v) is 9.74. The fourth-order valence-corrected chi connectivity index (χ4v) is 3.14. The summed E-state index contributed by atoms with van der Waals surface area (Å²) in [5.41, 5.74) is 2.47. The molecule has 0 saturated carbocycles. The number of aromatic nitrogens is 2. The minimum absolute atomic E-state index is 0.00584. The van der Waals surface area contributed by atoms with Crippen molar-refractivity contribution in [2.75, 3.05) is 0 Å². The topological polar surface area (TPSA) is 95.0 Å². The third kappa shape index (κ3) is 3.70. The Morgan fingerprint density at radius 1 is 1.12 bits per heavy atom. The van der Waals surface area contributed by atoms with Crippen LogP contribution in [0, 0.1) is 0 Å². The number of nitrogens with two attached hydrogens (primary N) is 1. The van der Waals surface area contributed by atoms with Gasteiger partial charge in [0.1, 0.15) is 5.69 Å². The van der Waals surface area contributed by atoms with E-state index in [1.807, 2.05) is 12.1 Å². The highest BCUT2D eigenvalue weighted by Gasteiger charge is 2.16. The van der Waals surface area contributed by atoms with Gasteiger partial charge in [0.05, 0.1) is 16.3 Å². The maximum Gasteiger partial charge on any atom is 0.238 e. The normalized spacial score (nSPS) is 11.5. The molecule has 0 aliphatic heterocycles. The van der Waals surface area contributed by atoms with E-state index < -0.39 is 10.0 Å². The molecule has 0 spiro atoms. The van der Waals surface area contributed by atoms with Crippen molar-refractivity contribution in [2.45, 2.75) is 18.2 Å². The maximum atomic E-state index is 12.1. The predicted molar refractivity (Wildman–Crippen MR) is 100 cm³/mol. The first-order chi connectivity index (χ1) is 12.3. The molecule has 26 heavy (non-hydrogen) atoms. The number of nitrogens with zero attached hydrogens (tertiary/aromatic N) is 2. The molecule has 2 N–H and O–H groups in total. The molecule has 0 amide bonds. The van der Waals surface area contributed by atoms with Crippen LogP contribution in [0.3, 0.4) is 0 Å². The fourth-order valence-electron chi connectivity index (χ4n) is 2.50. The van der Waals surface area contributed by atoms with Gasteiger partial charge in [-0.15, -0.1) is 0 Å². The van der Waals surface area contributed by atoms with Crippen LogP contribution in [-0.4, -0.2) is 24.0 Å². The average Bonchev–Trinajstić information content (AvgIpc) is 3.06. The van der Waals surface area contributed by atoms with Crippen LogP contribution in [0.15, 0.2) is 59.5 Å². The van der Waals surface area contributed by atoms with E-state index >= 15 is 0 Å². The quantitative estimate of drug-likeness (QED) is 0.676. The highest BCUT2D eigenvalue weighted by atomic mass is 35.5. The zero-order chi connectivity index (χ0) is 18.9. The first-order valence-electron chi connectivity index (χ1n) is 7.82. The van der Waals surface area contributed by atoms with Gasteiger partial charge in [-0.1, -0.05) is 30.7 Å². The lowest BCUT2D eigenvalue weighted by Gasteiger charge is -2.08. The summed E-state index contributed by atoms with van der Waals surface area (Å²) in [5.74, 6) is -0.0832. The van der Waals surface area contributed by atoms with Crippen molar-refractivity contribution in [2.24, 2.45) is 5.14 Å². The Morgan fingerprint density at radius 2 is 1.73 bits per heavy atom. The van der Waals surface area contributed by atoms with Gasteiger partial charge in [0.2, 0.25) is 10.0 Å². The number of halogens is 1. The molecule has 0 fully saturated rings. The van der Waals surface area contributed by atoms with Gasteiger partial charge in [-0.3, -0.25) is 4.79 Å². The van der Waals surface area contributed by atoms with Crippen molar-refractivity contribution in [3.05, 3.63) is 65.3 Å². The number of hydrogen-bond acceptors (Lipinski definition) is 4. The van der Waals surface area contributed by atoms with Crippen molar-refractivity contribution in [1.82, 2.24) is 9.78 Å². The van der Waals surface area contributed by atoms with Crippen LogP contribution in [0.25, 0.3) is 16.9 Å². The van der Waals surface area contributed by atoms with Crippen molar-refractivity contribution in [3.63, 3.8) is 0 Å². The molecule has 0 aliphatic rings. The summed E-state index contributed by atoms with van der Waals surface area (Å²) < 4.78 is 24.5. The standard InChI is InChI=1S/C18H16ClN3O3S/c1-2-18(23)16-11-17(12-3-5-13(19)6-4-12)22(21-16)14-7-9-15(10-8-14)26(20,24)25/h3-11H,2H2,1H3,(H2,20,24,25). The lowest BCUT2D eigenvalue weighted by Crippen LogP contribution is -2.12. The number of hydrogen-bond donors (Lipinski definition) is 1. The minimum Gasteiger partial charge on any atom is -0.292 e. The lowest BCUT2D eigenvalue weighted by molar-refractivity contribution is 0.0983. The highest BCUT2D eigenvalue weighted by molar-refractivity contribution is 7.89. The SMILES string of the molecule is CCC(=O)c1cc(-c2ccc(Cl)cc2)n(-c2ccc(S(N)(=O)=O)cc2)n1. The minimum atomic E-state index is -3.78. The monoisotopic (exact) mass is 389 g/mol. The number of carbonyl (C=O) groups excluding carboxylic acids is 1. The number of Topliss-reactive ketones (excluding diaryl/α,β-unsaturated/α-hetero) is 1. The Labute approximate surface area is 156 Å². The molecular formula is C18H16ClN3O3S. The first kappa shape index (κ1) is 18.3. The molecule has 0 saturated heterocycles. The summed E-state index contributed by atoms with van der Waals surface area (Å²) in [4.78, 5) is 12.1. The van der Waals surface area contributed by atoms with E-state index in [0.29, 0.717) is 28.5 Å². The maximum absolute atomic E-state index is 12.1. The van der Waals surface area contributed by atoms with Crippen molar-refractivity contribution in [1.29, 1.82) is 0 Å². The van der Waals surface area contributed by atoms with Crippen molar-refractivity contribution < 1.29 is 13.2 Å². The van der Waals surface area contributed by atoms with E-state index in [9.17, 15) is 13.2 Å². The second kappa shape index (κ2) is 7.03. The van der Waals surface area contributed by atoms with E-state index in [-0.39, 0.29) is 10.7 Å². The van der Waals surface area contributed by atoms with Gasteiger partial charge in [0.25, 0.3) is 0 Å². The van der Waals surface area contributed by atoms with Gasteiger partial charge in [0.15, 0.2) is 5.78 Å². The van der Waals surface area contributed by atoms with E-state index in [2.05, 4.69) is 5.10 Å². The molecule has 0 bridgehead atoms. The van der Waals surface area contributed by atoms with Crippen LogP contribution in [0.5, 0.6) is 0 Å². The van der Waals surface area contributed by atoms with Gasteiger partial charge in [0, 0.05) is 17.0 Å². The summed E-state index contributed by atoms with van der Waals surface area (Å²) in [7, 11) is -3.78. The number of ketones is 1. The van der Waals surface area contributed by atoms with E-state index in [0.717, 1.165) is 5.56 Å². The summed E-state index contributed by atoms with van der Waals surface area (Å²) in [6.07, 6.45) is 0.335. The van der Waals surface area contributed by atoms with E-state index in [1.165, 1.54) is 12.1 Å². The number of carbonyl (C=O) groups is 1. The predicted octanol–water partition coefficient (Wildman–Crippen LogP) is 3.43. The van der Waals surface area contributed by atoms with Crippen LogP contribution in [0.2, 0.25) is 5.02 Å². The molecule has 0 aliphatic carbocycles. The molecule has 3 aromatic rings. The van der Waals surface area contributed by atoms with Gasteiger partial charge in [-0.05, 0) is 42.5 Å². The van der Waals surface area contributed by atoms with Crippen LogP contribution >= 0.6 is 11.6 Å². The smallest absolute Gasteiger partial charge is 0.238 e. The van der Waals surface area contributed by atoms with Crippen LogP contribution in [0.1, 0.15) is 23.8 Å². The number of benzene rings is 2. The van der Waals surface area contributed by atoms with Crippen molar-refractivity contribution in [3.8, 4) is 16.9 Å². The number of sulfonamides is 1. The molecular weight excluding hydrogens is 374 g/mol. The van der Waals surface area contributed by atoms with Gasteiger partial charge >= 0.3 is 0 Å². The Morgan fingerprint density at radius 3 is 2.27 bits per heavy atom. The molecule has 6 nitrogen and oxygen atoms in total. The summed E-state index contributed by atoms with van der Waals surface area (Å²) in [6, 6.07) is 14.8. The molecule has 3 rings (SSSR count). The molecule has 2 aromatic carbocycles.